The molecule has 0 saturated carbocycles. The Morgan fingerprint density at radius 3 is 2.31 bits per heavy atom. The molecule has 0 bridgehead atoms. The molecular formula is C19H20Cl2N2O2S. The summed E-state index contributed by atoms with van der Waals surface area (Å²) in [6, 6.07) is 14.6. The summed E-state index contributed by atoms with van der Waals surface area (Å²) in [6.45, 7) is 3.05. The Balaban J connectivity index is 1.58. The zero-order chi connectivity index (χ0) is 18.6. The molecule has 0 aromatic heterocycles. The number of hydrogen-bond acceptors (Lipinski definition) is 3. The molecule has 1 aliphatic rings. The van der Waals surface area contributed by atoms with Crippen molar-refractivity contribution in [1.29, 1.82) is 0 Å². The zero-order valence-electron chi connectivity index (χ0n) is 14.2. The molecule has 0 radical (unpaired) electrons. The van der Waals surface area contributed by atoms with Crippen LogP contribution < -0.4 is 0 Å². The number of piperazine rings is 1. The fourth-order valence-corrected chi connectivity index (χ4v) is 5.05. The van der Waals surface area contributed by atoms with Crippen LogP contribution in [0.1, 0.15) is 5.56 Å². The Labute approximate surface area is 164 Å². The third-order valence-corrected chi connectivity index (χ3v) is 6.93. The summed E-state index contributed by atoms with van der Waals surface area (Å²) < 4.78 is 27.1. The van der Waals surface area contributed by atoms with Crippen LogP contribution in [0, 0.1) is 0 Å². The Hall–Kier alpha value is -1.37. The molecule has 0 unspecified atom stereocenters. The summed E-state index contributed by atoms with van der Waals surface area (Å²) in [6.07, 6.45) is 4.19. The zero-order valence-corrected chi connectivity index (χ0v) is 16.5. The lowest BCUT2D eigenvalue weighted by Gasteiger charge is -2.33. The van der Waals surface area contributed by atoms with Gasteiger partial charge in [-0.3, -0.25) is 4.90 Å². The highest BCUT2D eigenvalue weighted by Gasteiger charge is 2.29. The molecule has 4 nitrogen and oxygen atoms in total. The van der Waals surface area contributed by atoms with Gasteiger partial charge in [0.15, 0.2) is 0 Å². The van der Waals surface area contributed by atoms with Crippen molar-refractivity contribution in [2.75, 3.05) is 32.7 Å². The highest BCUT2D eigenvalue weighted by atomic mass is 35.5. The van der Waals surface area contributed by atoms with Crippen LogP contribution in [0.3, 0.4) is 0 Å². The van der Waals surface area contributed by atoms with E-state index in [-0.39, 0.29) is 9.92 Å². The van der Waals surface area contributed by atoms with Crippen molar-refractivity contribution >= 4 is 39.3 Å². The summed E-state index contributed by atoms with van der Waals surface area (Å²) in [4.78, 5) is 2.34. The molecule has 0 N–H and O–H groups in total. The fraction of sp³-hybridized carbons (Fsp3) is 0.263. The molecule has 0 amide bonds. The average Bonchev–Trinajstić information content (AvgIpc) is 2.63. The lowest BCUT2D eigenvalue weighted by atomic mass is 10.2. The van der Waals surface area contributed by atoms with Gasteiger partial charge in [-0.2, -0.15) is 4.31 Å². The molecule has 1 heterocycles. The molecule has 1 fully saturated rings. The number of nitrogens with zero attached hydrogens (tertiary/aromatic N) is 2. The first-order chi connectivity index (χ1) is 12.5. The summed E-state index contributed by atoms with van der Waals surface area (Å²) in [5, 5.41) is 0.578. The van der Waals surface area contributed by atoms with Crippen LogP contribution in [0.25, 0.3) is 6.08 Å². The van der Waals surface area contributed by atoms with Crippen LogP contribution >= 0.6 is 23.2 Å². The minimum Gasteiger partial charge on any atom is -0.297 e. The van der Waals surface area contributed by atoms with Crippen molar-refractivity contribution in [2.24, 2.45) is 0 Å². The minimum absolute atomic E-state index is 0.112. The molecule has 2 aromatic rings. The molecule has 0 aliphatic carbocycles. The van der Waals surface area contributed by atoms with Crippen LogP contribution in [-0.4, -0.2) is 50.3 Å². The van der Waals surface area contributed by atoms with Crippen molar-refractivity contribution in [3.63, 3.8) is 0 Å². The van der Waals surface area contributed by atoms with E-state index in [1.807, 2.05) is 18.2 Å². The highest BCUT2D eigenvalue weighted by molar-refractivity contribution is 7.89. The van der Waals surface area contributed by atoms with Crippen molar-refractivity contribution in [1.82, 2.24) is 9.21 Å². The van der Waals surface area contributed by atoms with Gasteiger partial charge in [0, 0.05) is 37.7 Å². The first-order valence-electron chi connectivity index (χ1n) is 8.36. The standard InChI is InChI=1S/C19H20Cl2N2O2S/c20-17-8-9-19(18(21)15-17)26(24,25)23-13-11-22(12-14-23)10-4-7-16-5-2-1-3-6-16/h1-9,15H,10-14H2. The Morgan fingerprint density at radius 1 is 0.962 bits per heavy atom. The van der Waals surface area contributed by atoms with E-state index in [9.17, 15) is 8.42 Å². The third kappa shape index (κ3) is 4.67. The van der Waals surface area contributed by atoms with E-state index in [1.165, 1.54) is 16.4 Å². The minimum atomic E-state index is -3.60. The normalized spacial score (nSPS) is 17.0. The molecule has 1 aliphatic heterocycles. The first kappa shape index (κ1) is 19.4. The van der Waals surface area contributed by atoms with Crippen molar-refractivity contribution in [2.45, 2.75) is 4.90 Å². The van der Waals surface area contributed by atoms with Gasteiger partial charge in [-0.05, 0) is 23.8 Å². The number of benzene rings is 2. The maximum atomic E-state index is 12.8. The molecule has 26 heavy (non-hydrogen) atoms. The van der Waals surface area contributed by atoms with Gasteiger partial charge in [-0.15, -0.1) is 0 Å². The van der Waals surface area contributed by atoms with E-state index < -0.39 is 10.0 Å². The molecule has 138 valence electrons. The summed E-state index contributed by atoms with van der Waals surface area (Å²) >= 11 is 11.9. The van der Waals surface area contributed by atoms with Gasteiger partial charge >= 0.3 is 0 Å². The van der Waals surface area contributed by atoms with E-state index in [2.05, 4.69) is 29.2 Å². The predicted octanol–water partition coefficient (Wildman–Crippen LogP) is 4.01. The van der Waals surface area contributed by atoms with Crippen LogP contribution in [0.15, 0.2) is 59.5 Å². The van der Waals surface area contributed by atoms with Crippen molar-refractivity contribution < 1.29 is 8.42 Å². The molecule has 0 atom stereocenters. The quantitative estimate of drug-likeness (QED) is 0.747. The number of hydrogen-bond donors (Lipinski definition) is 0. The van der Waals surface area contributed by atoms with E-state index in [0.29, 0.717) is 31.2 Å². The maximum Gasteiger partial charge on any atom is 0.244 e. The molecule has 1 saturated heterocycles. The molecule has 2 aromatic carbocycles. The Morgan fingerprint density at radius 2 is 1.65 bits per heavy atom. The van der Waals surface area contributed by atoms with Crippen LogP contribution in [0.5, 0.6) is 0 Å². The SMILES string of the molecule is O=S(=O)(c1ccc(Cl)cc1Cl)N1CCN(CC=Cc2ccccc2)CC1. The first-order valence-corrected chi connectivity index (χ1v) is 10.6. The smallest absolute Gasteiger partial charge is 0.244 e. The van der Waals surface area contributed by atoms with Crippen molar-refractivity contribution in [3.8, 4) is 0 Å². The van der Waals surface area contributed by atoms with Gasteiger partial charge in [0.2, 0.25) is 10.0 Å². The number of sulfonamides is 1. The molecule has 7 heteroatoms. The van der Waals surface area contributed by atoms with Gasteiger partial charge in [0.25, 0.3) is 0 Å². The van der Waals surface area contributed by atoms with Crippen LogP contribution in [0.2, 0.25) is 10.0 Å². The van der Waals surface area contributed by atoms with E-state index in [0.717, 1.165) is 12.1 Å². The van der Waals surface area contributed by atoms with Crippen LogP contribution in [0.4, 0.5) is 0 Å². The fourth-order valence-electron chi connectivity index (χ4n) is 2.88. The summed E-state index contributed by atoms with van der Waals surface area (Å²) in [5.74, 6) is 0. The molecule has 0 spiro atoms. The van der Waals surface area contributed by atoms with Gasteiger partial charge in [0.05, 0.1) is 5.02 Å². The summed E-state index contributed by atoms with van der Waals surface area (Å²) in [7, 11) is -3.60. The van der Waals surface area contributed by atoms with Gasteiger partial charge < -0.3 is 0 Å². The Kier molecular flexibility index (Phi) is 6.37. The molecular weight excluding hydrogens is 391 g/mol. The monoisotopic (exact) mass is 410 g/mol. The van der Waals surface area contributed by atoms with E-state index in [1.54, 1.807) is 6.07 Å². The average molecular weight is 411 g/mol. The Bertz CT molecular complexity index is 878. The topological polar surface area (TPSA) is 40.6 Å². The maximum absolute atomic E-state index is 12.8. The highest BCUT2D eigenvalue weighted by Crippen LogP contribution is 2.28. The van der Waals surface area contributed by atoms with E-state index in [4.69, 9.17) is 23.2 Å². The van der Waals surface area contributed by atoms with Crippen molar-refractivity contribution in [3.05, 3.63) is 70.2 Å². The van der Waals surface area contributed by atoms with Crippen LogP contribution in [-0.2, 0) is 10.0 Å². The lowest BCUT2D eigenvalue weighted by molar-refractivity contribution is 0.204. The molecule has 3 rings (SSSR count). The summed E-state index contributed by atoms with van der Waals surface area (Å²) in [5.41, 5.74) is 1.16. The number of halogens is 2. The second kappa shape index (κ2) is 8.55. The number of rotatable bonds is 5. The second-order valence-corrected chi connectivity index (χ2v) is 8.84. The van der Waals surface area contributed by atoms with Gasteiger partial charge in [0.1, 0.15) is 4.90 Å². The lowest BCUT2D eigenvalue weighted by Crippen LogP contribution is -2.48. The largest absolute Gasteiger partial charge is 0.297 e. The van der Waals surface area contributed by atoms with Gasteiger partial charge in [-0.1, -0.05) is 65.7 Å². The second-order valence-electron chi connectivity index (χ2n) is 6.09. The van der Waals surface area contributed by atoms with E-state index >= 15 is 0 Å². The predicted molar refractivity (Wildman–Crippen MR) is 107 cm³/mol. The van der Waals surface area contributed by atoms with Gasteiger partial charge in [-0.25, -0.2) is 8.42 Å². The third-order valence-electron chi connectivity index (χ3n) is 4.32.